The number of rotatable bonds is 10. The summed E-state index contributed by atoms with van der Waals surface area (Å²) in [4.78, 5) is 51.8. The lowest BCUT2D eigenvalue weighted by atomic mass is 9.86. The molecule has 0 bridgehead atoms. The van der Waals surface area contributed by atoms with Gasteiger partial charge in [0.25, 0.3) is 0 Å². The van der Waals surface area contributed by atoms with E-state index in [-0.39, 0.29) is 31.2 Å². The number of hydrogen-bond donors (Lipinski definition) is 0. The smallest absolute Gasteiger partial charge is 0.310 e. The molecule has 35 heavy (non-hydrogen) atoms. The molecule has 0 amide bonds. The van der Waals surface area contributed by atoms with E-state index < -0.39 is 35.7 Å². The lowest BCUT2D eigenvalue weighted by Gasteiger charge is -2.30. The molecule has 0 spiro atoms. The fourth-order valence-electron chi connectivity index (χ4n) is 5.51. The van der Waals surface area contributed by atoms with E-state index in [1.807, 2.05) is 0 Å². The van der Waals surface area contributed by atoms with Gasteiger partial charge in [-0.15, -0.1) is 0 Å². The zero-order chi connectivity index (χ0) is 25.0. The zero-order valence-corrected chi connectivity index (χ0v) is 21.2. The van der Waals surface area contributed by atoms with Crippen molar-refractivity contribution >= 4 is 23.9 Å². The Labute approximate surface area is 208 Å². The highest BCUT2D eigenvalue weighted by Gasteiger charge is 2.42. The first-order valence-corrected chi connectivity index (χ1v) is 13.6. The number of esters is 4. The summed E-state index contributed by atoms with van der Waals surface area (Å²) in [5, 5.41) is 0. The molecule has 0 aliphatic heterocycles. The first kappa shape index (κ1) is 27.5. The van der Waals surface area contributed by atoms with Gasteiger partial charge >= 0.3 is 23.9 Å². The highest BCUT2D eigenvalue weighted by Crippen LogP contribution is 2.30. The topological polar surface area (TPSA) is 105 Å². The van der Waals surface area contributed by atoms with Gasteiger partial charge in [-0.25, -0.2) is 0 Å². The molecule has 0 aromatic heterocycles. The molecule has 3 rings (SSSR count). The van der Waals surface area contributed by atoms with Crippen molar-refractivity contribution < 1.29 is 38.1 Å². The Morgan fingerprint density at radius 2 is 0.886 bits per heavy atom. The molecule has 8 heteroatoms. The third kappa shape index (κ3) is 9.12. The van der Waals surface area contributed by atoms with Crippen LogP contribution in [-0.2, 0) is 38.1 Å². The molecule has 3 saturated carbocycles. The van der Waals surface area contributed by atoms with Crippen LogP contribution in [-0.4, -0.2) is 49.3 Å². The van der Waals surface area contributed by atoms with Crippen LogP contribution in [0.15, 0.2) is 0 Å². The molecule has 3 fully saturated rings. The van der Waals surface area contributed by atoms with Crippen molar-refractivity contribution in [3.8, 4) is 0 Å². The molecule has 0 saturated heterocycles. The molecule has 0 heterocycles. The Balaban J connectivity index is 1.75. The van der Waals surface area contributed by atoms with Crippen molar-refractivity contribution in [2.24, 2.45) is 11.8 Å². The Kier molecular flexibility index (Phi) is 11.3. The minimum Gasteiger partial charge on any atom is -0.469 e. The van der Waals surface area contributed by atoms with Gasteiger partial charge in [0.15, 0.2) is 0 Å². The van der Waals surface area contributed by atoms with Crippen LogP contribution in [0.5, 0.6) is 0 Å². The van der Waals surface area contributed by atoms with E-state index in [0.29, 0.717) is 0 Å². The van der Waals surface area contributed by atoms with E-state index in [1.165, 1.54) is 7.11 Å². The number of ether oxygens (including phenoxy) is 4. The van der Waals surface area contributed by atoms with Gasteiger partial charge in [-0.1, -0.05) is 19.3 Å². The van der Waals surface area contributed by atoms with Crippen LogP contribution < -0.4 is 0 Å². The fraction of sp³-hybridized carbons (Fsp3) is 0.852. The van der Waals surface area contributed by atoms with Crippen LogP contribution >= 0.6 is 0 Å². The van der Waals surface area contributed by atoms with Gasteiger partial charge in [0, 0.05) is 0 Å². The monoisotopic (exact) mass is 494 g/mol. The lowest BCUT2D eigenvalue weighted by molar-refractivity contribution is -0.174. The molecule has 0 aromatic rings. The van der Waals surface area contributed by atoms with E-state index in [2.05, 4.69) is 0 Å². The summed E-state index contributed by atoms with van der Waals surface area (Å²) in [7, 11) is 1.23. The largest absolute Gasteiger partial charge is 0.469 e. The second-order valence-corrected chi connectivity index (χ2v) is 10.3. The van der Waals surface area contributed by atoms with Crippen LogP contribution in [0.3, 0.4) is 0 Å². The number of carbonyl (C=O) groups excluding carboxylic acids is 4. The van der Waals surface area contributed by atoms with Crippen molar-refractivity contribution in [1.29, 1.82) is 0 Å². The Morgan fingerprint density at radius 1 is 0.543 bits per heavy atom. The van der Waals surface area contributed by atoms with Gasteiger partial charge < -0.3 is 18.9 Å². The average Bonchev–Trinajstić information content (AvgIpc) is 2.87. The average molecular weight is 495 g/mol. The standard InChI is InChI=1S/C27H42O8/c1-32-24(28)17-22(26(30)34-20-13-7-3-8-14-20)23(27(31)35-21-15-9-4-10-16-21)18-25(29)33-19-11-5-2-6-12-19/h19-23H,2-18H2,1H3. The first-order valence-electron chi connectivity index (χ1n) is 13.6. The summed E-state index contributed by atoms with van der Waals surface area (Å²) >= 11 is 0. The summed E-state index contributed by atoms with van der Waals surface area (Å²) < 4.78 is 22.0. The van der Waals surface area contributed by atoms with Gasteiger partial charge in [0.2, 0.25) is 0 Å². The maximum Gasteiger partial charge on any atom is 0.310 e. The maximum atomic E-state index is 13.4. The molecule has 0 aromatic carbocycles. The Morgan fingerprint density at radius 3 is 1.26 bits per heavy atom. The molecule has 0 N–H and O–H groups in total. The lowest BCUT2D eigenvalue weighted by Crippen LogP contribution is -2.39. The number of carbonyl (C=O) groups is 4. The fourth-order valence-corrected chi connectivity index (χ4v) is 5.51. The van der Waals surface area contributed by atoms with Crippen LogP contribution in [0.4, 0.5) is 0 Å². The van der Waals surface area contributed by atoms with E-state index >= 15 is 0 Å². The molecule has 3 aliphatic rings. The second kappa shape index (κ2) is 14.4. The summed E-state index contributed by atoms with van der Waals surface area (Å²) in [6, 6.07) is 0. The second-order valence-electron chi connectivity index (χ2n) is 10.3. The summed E-state index contributed by atoms with van der Waals surface area (Å²) in [5.41, 5.74) is 0. The third-order valence-corrected chi connectivity index (χ3v) is 7.61. The zero-order valence-electron chi connectivity index (χ0n) is 21.2. The van der Waals surface area contributed by atoms with E-state index in [9.17, 15) is 19.2 Å². The van der Waals surface area contributed by atoms with Crippen molar-refractivity contribution in [3.63, 3.8) is 0 Å². The van der Waals surface area contributed by atoms with Gasteiger partial charge in [-0.05, 0) is 77.0 Å². The number of hydrogen-bond acceptors (Lipinski definition) is 8. The molecule has 8 nitrogen and oxygen atoms in total. The van der Waals surface area contributed by atoms with Gasteiger partial charge in [-0.2, -0.15) is 0 Å². The molecule has 198 valence electrons. The van der Waals surface area contributed by atoms with Crippen LogP contribution in [0.1, 0.15) is 109 Å². The first-order chi connectivity index (χ1) is 17.0. The van der Waals surface area contributed by atoms with E-state index in [1.54, 1.807) is 0 Å². The predicted octanol–water partition coefficient (Wildman–Crippen LogP) is 4.80. The van der Waals surface area contributed by atoms with Gasteiger partial charge in [0.05, 0.1) is 31.8 Å². The van der Waals surface area contributed by atoms with Crippen molar-refractivity contribution in [3.05, 3.63) is 0 Å². The molecular weight excluding hydrogens is 452 g/mol. The van der Waals surface area contributed by atoms with Gasteiger partial charge in [-0.3, -0.25) is 19.2 Å². The van der Waals surface area contributed by atoms with E-state index in [0.717, 1.165) is 96.3 Å². The maximum absolute atomic E-state index is 13.4. The van der Waals surface area contributed by atoms with E-state index in [4.69, 9.17) is 18.9 Å². The quantitative estimate of drug-likeness (QED) is 0.315. The van der Waals surface area contributed by atoms with Crippen LogP contribution in [0, 0.1) is 11.8 Å². The summed E-state index contributed by atoms with van der Waals surface area (Å²) in [6.45, 7) is 0. The third-order valence-electron chi connectivity index (χ3n) is 7.61. The molecule has 0 radical (unpaired) electrons. The Hall–Kier alpha value is -2.12. The molecule has 2 unspecified atom stereocenters. The van der Waals surface area contributed by atoms with Crippen molar-refractivity contribution in [1.82, 2.24) is 0 Å². The minimum atomic E-state index is -1.15. The summed E-state index contributed by atoms with van der Waals surface area (Å²) in [6.07, 6.45) is 12.6. The SMILES string of the molecule is COC(=O)CC(C(=O)OC1CCCCC1)C(CC(=O)OC1CCCCC1)C(=O)OC1CCCCC1. The van der Waals surface area contributed by atoms with Crippen LogP contribution in [0.25, 0.3) is 0 Å². The predicted molar refractivity (Wildman–Crippen MR) is 127 cm³/mol. The molecular formula is C27H42O8. The highest BCUT2D eigenvalue weighted by atomic mass is 16.6. The number of methoxy groups -OCH3 is 1. The highest BCUT2D eigenvalue weighted by molar-refractivity contribution is 5.88. The minimum absolute atomic E-state index is 0.167. The molecule has 2 atom stereocenters. The Bertz CT molecular complexity index is 702. The van der Waals surface area contributed by atoms with Crippen LogP contribution in [0.2, 0.25) is 0 Å². The van der Waals surface area contributed by atoms with Crippen molar-refractivity contribution in [2.45, 2.75) is 127 Å². The summed E-state index contributed by atoms with van der Waals surface area (Å²) in [5.74, 6) is -4.75. The van der Waals surface area contributed by atoms with Gasteiger partial charge in [0.1, 0.15) is 18.3 Å². The van der Waals surface area contributed by atoms with Crippen molar-refractivity contribution in [2.75, 3.05) is 7.11 Å². The normalized spacial score (nSPS) is 22.0. The molecule has 3 aliphatic carbocycles.